The lowest BCUT2D eigenvalue weighted by atomic mass is 9.81. The molecule has 0 aliphatic heterocycles. The molecule has 88 valence electrons. The molecule has 1 saturated carbocycles. The van der Waals surface area contributed by atoms with Gasteiger partial charge in [0.1, 0.15) is 0 Å². The number of alkyl halides is 1. The van der Waals surface area contributed by atoms with Gasteiger partial charge in [-0.3, -0.25) is 4.79 Å². The molecule has 0 N–H and O–H groups in total. The van der Waals surface area contributed by atoms with Crippen LogP contribution < -0.4 is 0 Å². The number of hydrogen-bond acceptors (Lipinski definition) is 1. The summed E-state index contributed by atoms with van der Waals surface area (Å²) in [5, 5.41) is 0.971. The minimum Gasteiger partial charge on any atom is -0.345 e. The van der Waals surface area contributed by atoms with Crippen LogP contribution in [0, 0.1) is 11.3 Å². The summed E-state index contributed by atoms with van der Waals surface area (Å²) in [6.07, 6.45) is 4.51. The molecule has 0 heterocycles. The van der Waals surface area contributed by atoms with Crippen LogP contribution in [0.5, 0.6) is 0 Å². The zero-order valence-corrected chi connectivity index (χ0v) is 11.6. The average Bonchev–Trinajstić information content (AvgIpc) is 2.53. The smallest absolute Gasteiger partial charge is 0.225 e. The van der Waals surface area contributed by atoms with E-state index in [4.69, 9.17) is 0 Å². The number of amides is 1. The Hall–Kier alpha value is -0.0500. The van der Waals surface area contributed by atoms with Crippen molar-refractivity contribution in [2.75, 3.05) is 18.9 Å². The molecule has 15 heavy (non-hydrogen) atoms. The van der Waals surface area contributed by atoms with Crippen molar-refractivity contribution in [1.82, 2.24) is 4.90 Å². The molecule has 0 radical (unpaired) electrons. The van der Waals surface area contributed by atoms with E-state index in [1.165, 1.54) is 12.8 Å². The Kier molecular flexibility index (Phi) is 4.63. The summed E-state index contributed by atoms with van der Waals surface area (Å²) in [5.74, 6) is 0.594. The minimum absolute atomic E-state index is 0.208. The van der Waals surface area contributed by atoms with E-state index >= 15 is 0 Å². The molecule has 0 bridgehead atoms. The number of carbonyl (C=O) groups excluding carboxylic acids is 1. The molecule has 1 unspecified atom stereocenters. The van der Waals surface area contributed by atoms with E-state index in [2.05, 4.69) is 29.8 Å². The van der Waals surface area contributed by atoms with Crippen LogP contribution in [0.3, 0.4) is 0 Å². The molecular weight excluding hydrogens is 254 g/mol. The van der Waals surface area contributed by atoms with Crippen LogP contribution in [0.4, 0.5) is 0 Å². The van der Waals surface area contributed by atoms with Crippen molar-refractivity contribution in [3.63, 3.8) is 0 Å². The van der Waals surface area contributed by atoms with Gasteiger partial charge in [0.15, 0.2) is 0 Å². The highest BCUT2D eigenvalue weighted by atomic mass is 79.9. The molecule has 0 spiro atoms. The van der Waals surface area contributed by atoms with E-state index < -0.39 is 0 Å². The largest absolute Gasteiger partial charge is 0.345 e. The van der Waals surface area contributed by atoms with E-state index in [1.54, 1.807) is 0 Å². The van der Waals surface area contributed by atoms with E-state index in [9.17, 15) is 4.79 Å². The predicted octanol–water partition coefficient (Wildman–Crippen LogP) is 3.06. The van der Waals surface area contributed by atoms with Crippen molar-refractivity contribution >= 4 is 21.8 Å². The van der Waals surface area contributed by atoms with Gasteiger partial charge in [-0.25, -0.2) is 0 Å². The summed E-state index contributed by atoms with van der Waals surface area (Å²) in [7, 11) is 1.93. The van der Waals surface area contributed by atoms with Gasteiger partial charge in [-0.1, -0.05) is 36.2 Å². The standard InChI is InChI=1S/C12H22BrNO/c1-12(2)7-4-6-10(12)11(15)14(3)9-5-8-13/h10H,4-9H2,1-3H3. The average molecular weight is 276 g/mol. The van der Waals surface area contributed by atoms with Crippen LogP contribution in [0.1, 0.15) is 39.5 Å². The molecule has 2 nitrogen and oxygen atoms in total. The Morgan fingerprint density at radius 2 is 2.20 bits per heavy atom. The Labute approximate surface area is 102 Å². The highest BCUT2D eigenvalue weighted by Crippen LogP contribution is 2.43. The normalized spacial score (nSPS) is 24.1. The molecule has 0 aromatic heterocycles. The van der Waals surface area contributed by atoms with Gasteiger partial charge in [-0.2, -0.15) is 0 Å². The van der Waals surface area contributed by atoms with E-state index in [1.807, 2.05) is 11.9 Å². The fourth-order valence-corrected chi connectivity index (χ4v) is 2.71. The van der Waals surface area contributed by atoms with Crippen LogP contribution in [-0.2, 0) is 4.79 Å². The number of rotatable bonds is 4. The van der Waals surface area contributed by atoms with Crippen LogP contribution in [0.15, 0.2) is 0 Å². The second-order valence-corrected chi connectivity index (χ2v) is 6.03. The van der Waals surface area contributed by atoms with Crippen LogP contribution >= 0.6 is 15.9 Å². The van der Waals surface area contributed by atoms with Crippen molar-refractivity contribution in [1.29, 1.82) is 0 Å². The molecule has 1 aliphatic carbocycles. The quantitative estimate of drug-likeness (QED) is 0.723. The highest BCUT2D eigenvalue weighted by molar-refractivity contribution is 9.09. The van der Waals surface area contributed by atoms with Gasteiger partial charge in [0.05, 0.1) is 0 Å². The third kappa shape index (κ3) is 3.20. The van der Waals surface area contributed by atoms with Gasteiger partial charge < -0.3 is 4.90 Å². The van der Waals surface area contributed by atoms with Gasteiger partial charge in [-0.15, -0.1) is 0 Å². The number of hydrogen-bond donors (Lipinski definition) is 0. The highest BCUT2D eigenvalue weighted by Gasteiger charge is 2.40. The van der Waals surface area contributed by atoms with Gasteiger partial charge >= 0.3 is 0 Å². The number of nitrogens with zero attached hydrogens (tertiary/aromatic N) is 1. The molecule has 0 saturated heterocycles. The molecule has 0 aromatic carbocycles. The zero-order chi connectivity index (χ0) is 11.5. The van der Waals surface area contributed by atoms with Gasteiger partial charge in [0.2, 0.25) is 5.91 Å². The van der Waals surface area contributed by atoms with Crippen LogP contribution in [0.2, 0.25) is 0 Å². The summed E-state index contributed by atoms with van der Waals surface area (Å²) in [4.78, 5) is 14.1. The number of carbonyl (C=O) groups is 1. The SMILES string of the molecule is CN(CCCBr)C(=O)C1CCCC1(C)C. The fourth-order valence-electron chi connectivity index (χ4n) is 2.46. The molecule has 3 heteroatoms. The minimum atomic E-state index is 0.208. The van der Waals surface area contributed by atoms with E-state index in [-0.39, 0.29) is 11.3 Å². The van der Waals surface area contributed by atoms with Crippen molar-refractivity contribution in [3.8, 4) is 0 Å². The Morgan fingerprint density at radius 3 is 2.67 bits per heavy atom. The zero-order valence-electron chi connectivity index (χ0n) is 10.1. The molecule has 0 aromatic rings. The third-order valence-corrected chi connectivity index (χ3v) is 4.12. The molecule has 1 atom stereocenters. The van der Waals surface area contributed by atoms with Crippen LogP contribution in [0.25, 0.3) is 0 Å². The summed E-state index contributed by atoms with van der Waals surface area (Å²) in [5.41, 5.74) is 0.208. The summed E-state index contributed by atoms with van der Waals surface area (Å²) >= 11 is 3.39. The maximum atomic E-state index is 12.2. The lowest BCUT2D eigenvalue weighted by molar-refractivity contribution is -0.137. The summed E-state index contributed by atoms with van der Waals surface area (Å²) < 4.78 is 0. The topological polar surface area (TPSA) is 20.3 Å². The second kappa shape index (κ2) is 5.33. The molecule has 1 amide bonds. The predicted molar refractivity (Wildman–Crippen MR) is 67.2 cm³/mol. The fraction of sp³-hybridized carbons (Fsp3) is 0.917. The first kappa shape index (κ1) is 13.0. The van der Waals surface area contributed by atoms with Gasteiger partial charge in [0.25, 0.3) is 0 Å². The lowest BCUT2D eigenvalue weighted by Gasteiger charge is -2.29. The first-order valence-electron chi connectivity index (χ1n) is 5.80. The molecule has 1 fully saturated rings. The van der Waals surface area contributed by atoms with Crippen molar-refractivity contribution in [2.24, 2.45) is 11.3 Å². The summed E-state index contributed by atoms with van der Waals surface area (Å²) in [6, 6.07) is 0. The maximum Gasteiger partial charge on any atom is 0.225 e. The first-order valence-corrected chi connectivity index (χ1v) is 6.92. The van der Waals surface area contributed by atoms with Crippen LogP contribution in [-0.4, -0.2) is 29.7 Å². The van der Waals surface area contributed by atoms with Crippen molar-refractivity contribution in [2.45, 2.75) is 39.5 Å². The molecular formula is C12H22BrNO. The third-order valence-electron chi connectivity index (χ3n) is 3.56. The number of halogens is 1. The molecule has 1 aliphatic rings. The summed E-state index contributed by atoms with van der Waals surface area (Å²) in [6.45, 7) is 5.32. The molecule has 1 rings (SSSR count). The van der Waals surface area contributed by atoms with Crippen molar-refractivity contribution < 1.29 is 4.79 Å². The lowest BCUT2D eigenvalue weighted by Crippen LogP contribution is -2.38. The monoisotopic (exact) mass is 275 g/mol. The van der Waals surface area contributed by atoms with Gasteiger partial charge in [-0.05, 0) is 24.7 Å². The second-order valence-electron chi connectivity index (χ2n) is 5.24. The van der Waals surface area contributed by atoms with E-state index in [0.29, 0.717) is 5.91 Å². The van der Waals surface area contributed by atoms with Crippen molar-refractivity contribution in [3.05, 3.63) is 0 Å². The Bertz CT molecular complexity index is 228. The Morgan fingerprint density at radius 1 is 1.53 bits per heavy atom. The van der Waals surface area contributed by atoms with Gasteiger partial charge in [0, 0.05) is 24.8 Å². The first-order chi connectivity index (χ1) is 6.99. The maximum absolute atomic E-state index is 12.2. The Balaban J connectivity index is 2.52. The van der Waals surface area contributed by atoms with E-state index in [0.717, 1.165) is 24.7 Å².